The largest absolute Gasteiger partial charge is 0.506 e. The number of benzene rings is 2. The van der Waals surface area contributed by atoms with Gasteiger partial charge in [-0.2, -0.15) is 0 Å². The van der Waals surface area contributed by atoms with E-state index in [0.29, 0.717) is 47.6 Å². The lowest BCUT2D eigenvalue weighted by molar-refractivity contribution is 0.0917. The molecule has 2 atom stereocenters. The van der Waals surface area contributed by atoms with Crippen molar-refractivity contribution in [1.29, 1.82) is 0 Å². The third-order valence-electron chi connectivity index (χ3n) is 7.32. The van der Waals surface area contributed by atoms with E-state index in [-0.39, 0.29) is 28.9 Å². The van der Waals surface area contributed by atoms with E-state index in [0.717, 1.165) is 19.3 Å². The van der Waals surface area contributed by atoms with E-state index in [9.17, 15) is 14.7 Å². The molecule has 1 aliphatic carbocycles. The number of H-pyrrole nitrogens is 1. The third kappa shape index (κ3) is 4.90. The minimum atomic E-state index is -0.542. The molecule has 3 aromatic rings. The number of methoxy groups -OCH3 is 2. The molecule has 2 aromatic carbocycles. The molecule has 1 fully saturated rings. The van der Waals surface area contributed by atoms with Gasteiger partial charge in [-0.25, -0.2) is 0 Å². The smallest absolute Gasteiger partial charge is 0.262 e. The van der Waals surface area contributed by atoms with E-state index in [4.69, 9.17) is 9.47 Å². The highest BCUT2D eigenvalue weighted by Crippen LogP contribution is 2.46. The first-order valence-electron chi connectivity index (χ1n) is 12.7. The average molecular weight is 490 g/mol. The number of nitrogens with one attached hydrogen (secondary N) is 1. The fourth-order valence-corrected chi connectivity index (χ4v) is 5.34. The number of aromatic amines is 1. The summed E-state index contributed by atoms with van der Waals surface area (Å²) in [6.45, 7) is 4.11. The number of ketones is 1. The third-order valence-corrected chi connectivity index (χ3v) is 7.32. The van der Waals surface area contributed by atoms with Gasteiger partial charge in [0.15, 0.2) is 5.78 Å². The summed E-state index contributed by atoms with van der Waals surface area (Å²) in [6, 6.07) is 13.8. The second-order valence-electron chi connectivity index (χ2n) is 9.65. The first-order valence-corrected chi connectivity index (χ1v) is 12.7. The number of carbonyl (C=O) groups is 1. The number of pyridine rings is 1. The standard InChI is InChI=1S/C30H35NO5/c1-5-6-8-22-25(26-23(35-3)9-7-10-24(26)36-4)29(33)27(30(34)31-22)28(32)21-16-15-20(17-21)19-13-11-18(2)12-14-19/h7,9-14,20-21H,5-6,8,15-17H2,1-4H3,(H2,31,33,34). The van der Waals surface area contributed by atoms with Crippen molar-refractivity contribution in [2.45, 2.75) is 58.3 Å². The Morgan fingerprint density at radius 2 is 1.69 bits per heavy atom. The van der Waals surface area contributed by atoms with E-state index in [1.165, 1.54) is 11.1 Å². The Balaban J connectivity index is 1.78. The number of carbonyl (C=O) groups excluding carboxylic acids is 1. The van der Waals surface area contributed by atoms with Gasteiger partial charge < -0.3 is 19.6 Å². The van der Waals surface area contributed by atoms with Gasteiger partial charge >= 0.3 is 0 Å². The van der Waals surface area contributed by atoms with Gasteiger partial charge in [0.1, 0.15) is 22.8 Å². The zero-order valence-electron chi connectivity index (χ0n) is 21.5. The Kier molecular flexibility index (Phi) is 7.82. The number of aromatic nitrogens is 1. The topological polar surface area (TPSA) is 88.6 Å². The lowest BCUT2D eigenvalue weighted by Gasteiger charge is -2.20. The predicted octanol–water partition coefficient (Wildman–Crippen LogP) is 6.18. The number of aromatic hydroxyl groups is 1. The molecule has 1 aromatic heterocycles. The molecule has 0 aliphatic heterocycles. The van der Waals surface area contributed by atoms with E-state index in [2.05, 4.69) is 43.1 Å². The van der Waals surface area contributed by atoms with Gasteiger partial charge in [-0.05, 0) is 62.6 Å². The van der Waals surface area contributed by atoms with Crippen LogP contribution in [0.5, 0.6) is 17.2 Å². The molecular formula is C30H35NO5. The molecule has 6 heteroatoms. The van der Waals surface area contributed by atoms with Crippen molar-refractivity contribution < 1.29 is 19.4 Å². The molecule has 1 heterocycles. The first-order chi connectivity index (χ1) is 17.4. The van der Waals surface area contributed by atoms with E-state index in [1.54, 1.807) is 32.4 Å². The summed E-state index contributed by atoms with van der Waals surface area (Å²) in [5, 5.41) is 11.5. The molecule has 36 heavy (non-hydrogen) atoms. The van der Waals surface area contributed by atoms with Crippen LogP contribution >= 0.6 is 0 Å². The Labute approximate surface area is 212 Å². The molecule has 0 bridgehead atoms. The van der Waals surface area contributed by atoms with E-state index < -0.39 is 5.56 Å². The molecule has 1 aliphatic rings. The number of aryl methyl sites for hydroxylation is 2. The first kappa shape index (κ1) is 25.5. The summed E-state index contributed by atoms with van der Waals surface area (Å²) < 4.78 is 11.2. The van der Waals surface area contributed by atoms with Crippen LogP contribution in [0.2, 0.25) is 0 Å². The van der Waals surface area contributed by atoms with Crippen molar-refractivity contribution in [1.82, 2.24) is 4.98 Å². The summed E-state index contributed by atoms with van der Waals surface area (Å²) in [6.07, 6.45) is 4.48. The van der Waals surface area contributed by atoms with Crippen molar-refractivity contribution in [3.05, 3.63) is 75.2 Å². The number of hydrogen-bond acceptors (Lipinski definition) is 5. The zero-order chi connectivity index (χ0) is 25.8. The fraction of sp³-hybridized carbons (Fsp3) is 0.400. The average Bonchev–Trinajstić information content (AvgIpc) is 3.38. The molecule has 0 spiro atoms. The van der Waals surface area contributed by atoms with Crippen LogP contribution in [-0.2, 0) is 6.42 Å². The van der Waals surface area contributed by atoms with Gasteiger partial charge in [0, 0.05) is 11.6 Å². The maximum Gasteiger partial charge on any atom is 0.262 e. The Hall–Kier alpha value is -3.54. The van der Waals surface area contributed by atoms with Crippen LogP contribution in [0.25, 0.3) is 11.1 Å². The van der Waals surface area contributed by atoms with Crippen molar-refractivity contribution in [3.63, 3.8) is 0 Å². The lowest BCUT2D eigenvalue weighted by Crippen LogP contribution is -2.25. The number of rotatable bonds is 9. The highest BCUT2D eigenvalue weighted by atomic mass is 16.5. The molecule has 0 amide bonds. The van der Waals surface area contributed by atoms with Crippen LogP contribution in [0.4, 0.5) is 0 Å². The predicted molar refractivity (Wildman–Crippen MR) is 141 cm³/mol. The Bertz CT molecular complexity index is 1270. The van der Waals surface area contributed by atoms with Crippen LogP contribution in [0.1, 0.15) is 72.1 Å². The summed E-state index contributed by atoms with van der Waals surface area (Å²) in [5.74, 6) is 0.328. The van der Waals surface area contributed by atoms with Gasteiger partial charge in [-0.1, -0.05) is 49.2 Å². The summed E-state index contributed by atoms with van der Waals surface area (Å²) in [7, 11) is 3.09. The van der Waals surface area contributed by atoms with Gasteiger partial charge in [-0.15, -0.1) is 0 Å². The number of Topliss-reactive ketones (excluding diaryl/α,β-unsaturated/α-hetero) is 1. The van der Waals surface area contributed by atoms with Crippen LogP contribution in [0.3, 0.4) is 0 Å². The Morgan fingerprint density at radius 1 is 1.03 bits per heavy atom. The molecule has 6 nitrogen and oxygen atoms in total. The van der Waals surface area contributed by atoms with Crippen molar-refractivity contribution in [2.24, 2.45) is 5.92 Å². The summed E-state index contributed by atoms with van der Waals surface area (Å²) in [4.78, 5) is 29.8. The molecule has 190 valence electrons. The maximum absolute atomic E-state index is 13.7. The zero-order valence-corrected chi connectivity index (χ0v) is 21.5. The van der Waals surface area contributed by atoms with Crippen molar-refractivity contribution in [3.8, 4) is 28.4 Å². The maximum atomic E-state index is 13.7. The summed E-state index contributed by atoms with van der Waals surface area (Å²) >= 11 is 0. The highest BCUT2D eigenvalue weighted by molar-refractivity contribution is 6.03. The lowest BCUT2D eigenvalue weighted by atomic mass is 9.89. The summed E-state index contributed by atoms with van der Waals surface area (Å²) in [5.41, 5.74) is 3.19. The van der Waals surface area contributed by atoms with Crippen molar-refractivity contribution in [2.75, 3.05) is 14.2 Å². The van der Waals surface area contributed by atoms with E-state index in [1.807, 2.05) is 0 Å². The number of hydrogen-bond donors (Lipinski definition) is 2. The fourth-order valence-electron chi connectivity index (χ4n) is 5.34. The molecule has 2 unspecified atom stereocenters. The number of ether oxygens (including phenoxy) is 2. The monoisotopic (exact) mass is 489 g/mol. The second kappa shape index (κ2) is 11.0. The molecule has 0 radical (unpaired) electrons. The van der Waals surface area contributed by atoms with E-state index >= 15 is 0 Å². The van der Waals surface area contributed by atoms with Crippen LogP contribution < -0.4 is 15.0 Å². The Morgan fingerprint density at radius 3 is 2.31 bits per heavy atom. The van der Waals surface area contributed by atoms with Crippen molar-refractivity contribution >= 4 is 5.78 Å². The molecule has 4 rings (SSSR count). The van der Waals surface area contributed by atoms with Crippen LogP contribution in [0, 0.1) is 12.8 Å². The van der Waals surface area contributed by atoms with Gasteiger partial charge in [-0.3, -0.25) is 9.59 Å². The molecule has 2 N–H and O–H groups in total. The minimum absolute atomic E-state index is 0.173. The van der Waals surface area contributed by atoms with Gasteiger partial charge in [0.2, 0.25) is 0 Å². The SMILES string of the molecule is CCCCc1[nH]c(=O)c(C(=O)C2CCC(c3ccc(C)cc3)C2)c(O)c1-c1c(OC)cccc1OC. The second-order valence-corrected chi connectivity index (χ2v) is 9.65. The molecule has 0 saturated heterocycles. The van der Waals surface area contributed by atoms with Gasteiger partial charge in [0.25, 0.3) is 5.56 Å². The van der Waals surface area contributed by atoms with Gasteiger partial charge in [0.05, 0.1) is 25.3 Å². The quantitative estimate of drug-likeness (QED) is 0.350. The minimum Gasteiger partial charge on any atom is -0.506 e. The number of unbranched alkanes of at least 4 members (excludes halogenated alkanes) is 1. The van der Waals surface area contributed by atoms with Crippen LogP contribution in [-0.4, -0.2) is 30.1 Å². The molecule has 1 saturated carbocycles. The normalized spacial score (nSPS) is 17.2. The van der Waals surface area contributed by atoms with Crippen LogP contribution in [0.15, 0.2) is 47.3 Å². The molecular weight excluding hydrogens is 454 g/mol. The highest BCUT2D eigenvalue weighted by Gasteiger charge is 2.35.